The summed E-state index contributed by atoms with van der Waals surface area (Å²) in [6.07, 6.45) is 3.15. The van der Waals surface area contributed by atoms with Crippen LogP contribution in [0.4, 0.5) is 0 Å². The van der Waals surface area contributed by atoms with E-state index in [1.54, 1.807) is 0 Å². The minimum Gasteiger partial charge on any atom is -0.271 e. The summed E-state index contributed by atoms with van der Waals surface area (Å²) in [5.41, 5.74) is 6.29. The molecule has 0 saturated carbocycles. The maximum absolute atomic E-state index is 5.64. The number of hydrogen-bond donors (Lipinski definition) is 2. The van der Waals surface area contributed by atoms with Crippen LogP contribution in [0.3, 0.4) is 0 Å². The molecule has 1 aromatic heterocycles. The van der Waals surface area contributed by atoms with Gasteiger partial charge in [-0.15, -0.1) is 0 Å². The van der Waals surface area contributed by atoms with Crippen LogP contribution in [0.25, 0.3) is 0 Å². The first kappa shape index (κ1) is 13.7. The summed E-state index contributed by atoms with van der Waals surface area (Å²) >= 11 is 0. The van der Waals surface area contributed by atoms with E-state index < -0.39 is 0 Å². The van der Waals surface area contributed by atoms with E-state index in [0.29, 0.717) is 0 Å². The molecule has 3 nitrogen and oxygen atoms in total. The van der Waals surface area contributed by atoms with Gasteiger partial charge in [0.05, 0.1) is 11.7 Å². The van der Waals surface area contributed by atoms with Crippen LogP contribution < -0.4 is 11.3 Å². The number of benzene rings is 1. The van der Waals surface area contributed by atoms with Gasteiger partial charge in [-0.25, -0.2) is 0 Å². The first-order chi connectivity index (χ1) is 9.29. The van der Waals surface area contributed by atoms with Gasteiger partial charge in [-0.3, -0.25) is 16.3 Å². The largest absolute Gasteiger partial charge is 0.271 e. The summed E-state index contributed by atoms with van der Waals surface area (Å²) in [5.74, 6) is 5.64. The van der Waals surface area contributed by atoms with Crippen molar-refractivity contribution in [2.75, 3.05) is 0 Å². The Morgan fingerprint density at radius 2 is 1.89 bits per heavy atom. The van der Waals surface area contributed by atoms with Crippen LogP contribution in [0.15, 0.2) is 48.5 Å². The molecule has 0 aliphatic carbocycles. The molecule has 1 aromatic carbocycles. The Balaban J connectivity index is 1.89. The van der Waals surface area contributed by atoms with Gasteiger partial charge in [0, 0.05) is 5.69 Å². The van der Waals surface area contributed by atoms with Crippen molar-refractivity contribution in [3.63, 3.8) is 0 Å². The number of hydrazine groups is 1. The molecule has 0 aliphatic rings. The standard InChI is InChI=1S/C16H21N3/c1-13-7-5-11-15(18-13)16(19-17)12-6-10-14-8-3-2-4-9-14/h2-5,7-9,11,16,19H,6,10,12,17H2,1H3. The Kier molecular flexibility index (Phi) is 5.07. The molecule has 0 radical (unpaired) electrons. The van der Waals surface area contributed by atoms with Crippen LogP contribution in [0.5, 0.6) is 0 Å². The first-order valence-electron chi connectivity index (χ1n) is 6.73. The molecular formula is C16H21N3. The average Bonchev–Trinajstić information content (AvgIpc) is 2.45. The molecule has 3 heteroatoms. The Morgan fingerprint density at radius 1 is 1.11 bits per heavy atom. The molecule has 0 spiro atoms. The lowest BCUT2D eigenvalue weighted by Gasteiger charge is -2.15. The van der Waals surface area contributed by atoms with Crippen molar-refractivity contribution in [3.8, 4) is 0 Å². The molecule has 3 N–H and O–H groups in total. The maximum atomic E-state index is 5.64. The van der Waals surface area contributed by atoms with E-state index in [0.717, 1.165) is 30.7 Å². The van der Waals surface area contributed by atoms with Crippen LogP contribution >= 0.6 is 0 Å². The van der Waals surface area contributed by atoms with E-state index in [1.165, 1.54) is 5.56 Å². The Morgan fingerprint density at radius 3 is 2.58 bits per heavy atom. The van der Waals surface area contributed by atoms with Crippen molar-refractivity contribution in [1.82, 2.24) is 10.4 Å². The Labute approximate surface area is 114 Å². The molecule has 1 heterocycles. The van der Waals surface area contributed by atoms with Gasteiger partial charge in [-0.05, 0) is 43.9 Å². The number of nitrogens with zero attached hydrogens (tertiary/aromatic N) is 1. The molecule has 0 bridgehead atoms. The molecule has 100 valence electrons. The highest BCUT2D eigenvalue weighted by molar-refractivity contribution is 5.15. The molecule has 2 rings (SSSR count). The molecule has 1 unspecified atom stereocenters. The second kappa shape index (κ2) is 7.02. The molecule has 1 atom stereocenters. The van der Waals surface area contributed by atoms with E-state index in [-0.39, 0.29) is 6.04 Å². The summed E-state index contributed by atoms with van der Waals surface area (Å²) in [7, 11) is 0. The van der Waals surface area contributed by atoms with Crippen LogP contribution in [-0.4, -0.2) is 4.98 Å². The van der Waals surface area contributed by atoms with Crippen LogP contribution in [0.1, 0.15) is 35.8 Å². The Hall–Kier alpha value is -1.71. The van der Waals surface area contributed by atoms with Gasteiger partial charge >= 0.3 is 0 Å². The summed E-state index contributed by atoms with van der Waals surface area (Å²) in [6.45, 7) is 2.00. The molecule has 2 aromatic rings. The highest BCUT2D eigenvalue weighted by Gasteiger charge is 2.10. The van der Waals surface area contributed by atoms with Crippen molar-refractivity contribution in [2.24, 2.45) is 5.84 Å². The quantitative estimate of drug-likeness (QED) is 0.616. The fraction of sp³-hybridized carbons (Fsp3) is 0.312. The number of pyridine rings is 1. The molecule has 0 amide bonds. The lowest BCUT2D eigenvalue weighted by atomic mass is 10.0. The summed E-state index contributed by atoms with van der Waals surface area (Å²) < 4.78 is 0. The summed E-state index contributed by atoms with van der Waals surface area (Å²) in [4.78, 5) is 4.53. The van der Waals surface area contributed by atoms with Crippen LogP contribution in [0.2, 0.25) is 0 Å². The molecule has 0 aliphatic heterocycles. The third-order valence-corrected chi connectivity index (χ3v) is 3.27. The normalized spacial score (nSPS) is 12.3. The third-order valence-electron chi connectivity index (χ3n) is 3.27. The van der Waals surface area contributed by atoms with Gasteiger partial charge in [0.1, 0.15) is 0 Å². The minimum absolute atomic E-state index is 0.128. The zero-order valence-electron chi connectivity index (χ0n) is 11.3. The fourth-order valence-corrected chi connectivity index (χ4v) is 2.23. The highest BCUT2D eigenvalue weighted by Crippen LogP contribution is 2.17. The van der Waals surface area contributed by atoms with Gasteiger partial charge in [0.2, 0.25) is 0 Å². The number of nitrogens with one attached hydrogen (secondary N) is 1. The zero-order valence-corrected chi connectivity index (χ0v) is 11.3. The van der Waals surface area contributed by atoms with E-state index in [1.807, 2.05) is 31.2 Å². The van der Waals surface area contributed by atoms with Crippen molar-refractivity contribution >= 4 is 0 Å². The highest BCUT2D eigenvalue weighted by atomic mass is 15.2. The molecule has 19 heavy (non-hydrogen) atoms. The van der Waals surface area contributed by atoms with E-state index in [9.17, 15) is 0 Å². The lowest BCUT2D eigenvalue weighted by molar-refractivity contribution is 0.487. The Bertz CT molecular complexity index is 496. The number of rotatable bonds is 6. The lowest BCUT2D eigenvalue weighted by Crippen LogP contribution is -2.28. The fourth-order valence-electron chi connectivity index (χ4n) is 2.23. The van der Waals surface area contributed by atoms with Gasteiger partial charge in [0.15, 0.2) is 0 Å². The number of aryl methyl sites for hydroxylation is 2. The summed E-state index contributed by atoms with van der Waals surface area (Å²) in [6, 6.07) is 16.7. The van der Waals surface area contributed by atoms with Crippen molar-refractivity contribution in [2.45, 2.75) is 32.2 Å². The van der Waals surface area contributed by atoms with E-state index in [2.05, 4.69) is 34.7 Å². The van der Waals surface area contributed by atoms with Crippen LogP contribution in [-0.2, 0) is 6.42 Å². The second-order valence-corrected chi connectivity index (χ2v) is 4.80. The second-order valence-electron chi connectivity index (χ2n) is 4.80. The smallest absolute Gasteiger partial charge is 0.0632 e. The van der Waals surface area contributed by atoms with E-state index >= 15 is 0 Å². The summed E-state index contributed by atoms with van der Waals surface area (Å²) in [5, 5.41) is 0. The van der Waals surface area contributed by atoms with Gasteiger partial charge in [-0.2, -0.15) is 0 Å². The number of aromatic nitrogens is 1. The van der Waals surface area contributed by atoms with Gasteiger partial charge < -0.3 is 0 Å². The maximum Gasteiger partial charge on any atom is 0.0632 e. The molecule has 0 fully saturated rings. The van der Waals surface area contributed by atoms with Crippen molar-refractivity contribution in [3.05, 3.63) is 65.5 Å². The SMILES string of the molecule is Cc1cccc(C(CCCc2ccccc2)NN)n1. The molecular weight excluding hydrogens is 234 g/mol. The number of nitrogens with two attached hydrogens (primary N) is 1. The van der Waals surface area contributed by atoms with Crippen LogP contribution in [0, 0.1) is 6.92 Å². The average molecular weight is 255 g/mol. The topological polar surface area (TPSA) is 50.9 Å². The predicted molar refractivity (Wildman–Crippen MR) is 78.4 cm³/mol. The zero-order chi connectivity index (χ0) is 13.5. The van der Waals surface area contributed by atoms with Gasteiger partial charge in [0.25, 0.3) is 0 Å². The first-order valence-corrected chi connectivity index (χ1v) is 6.73. The van der Waals surface area contributed by atoms with Crippen molar-refractivity contribution in [1.29, 1.82) is 0 Å². The minimum atomic E-state index is 0.128. The molecule has 0 saturated heterocycles. The van der Waals surface area contributed by atoms with Crippen molar-refractivity contribution < 1.29 is 0 Å². The third kappa shape index (κ3) is 4.16. The predicted octanol–water partition coefficient (Wildman–Crippen LogP) is 2.92. The van der Waals surface area contributed by atoms with E-state index in [4.69, 9.17) is 5.84 Å². The number of hydrogen-bond acceptors (Lipinski definition) is 3. The van der Waals surface area contributed by atoms with Gasteiger partial charge in [-0.1, -0.05) is 36.4 Å². The monoisotopic (exact) mass is 255 g/mol.